The maximum atomic E-state index is 6.01. The van der Waals surface area contributed by atoms with E-state index in [0.29, 0.717) is 34.8 Å². The van der Waals surface area contributed by atoms with Crippen LogP contribution in [0, 0.1) is 0 Å². The van der Waals surface area contributed by atoms with E-state index in [1.165, 1.54) is 0 Å². The van der Waals surface area contributed by atoms with Crippen LogP contribution in [-0.2, 0) is 6.61 Å². The molecule has 2 aromatic carbocycles. The van der Waals surface area contributed by atoms with Crippen molar-refractivity contribution in [3.63, 3.8) is 0 Å². The molecular weight excluding hydrogens is 370 g/mol. The zero-order chi connectivity index (χ0) is 18.8. The second-order valence-electron chi connectivity index (χ2n) is 5.33. The van der Waals surface area contributed by atoms with Gasteiger partial charge in [-0.05, 0) is 62.0 Å². The van der Waals surface area contributed by atoms with Crippen LogP contribution >= 0.6 is 23.8 Å². The smallest absolute Gasteiger partial charge is 0.223 e. The highest BCUT2D eigenvalue weighted by atomic mass is 35.5. The summed E-state index contributed by atoms with van der Waals surface area (Å²) in [5.74, 6) is 1.36. The summed E-state index contributed by atoms with van der Waals surface area (Å²) in [5.41, 5.74) is 4.81. The van der Waals surface area contributed by atoms with E-state index in [4.69, 9.17) is 33.3 Å². The molecule has 0 atom stereocenters. The van der Waals surface area contributed by atoms with Crippen LogP contribution in [0.3, 0.4) is 0 Å². The zero-order valence-corrected chi connectivity index (χ0v) is 16.4. The Morgan fingerprint density at radius 2 is 2.00 bits per heavy atom. The van der Waals surface area contributed by atoms with Crippen molar-refractivity contribution in [1.82, 2.24) is 10.7 Å². The fraction of sp³-hybridized carbons (Fsp3) is 0.263. The predicted molar refractivity (Wildman–Crippen MR) is 109 cm³/mol. The zero-order valence-electron chi connectivity index (χ0n) is 14.8. The van der Waals surface area contributed by atoms with E-state index < -0.39 is 0 Å². The fourth-order valence-corrected chi connectivity index (χ4v) is 2.60. The lowest BCUT2D eigenvalue weighted by molar-refractivity contribution is -0.500. The van der Waals surface area contributed by atoms with E-state index in [-0.39, 0.29) is 0 Å². The van der Waals surface area contributed by atoms with Crippen LogP contribution in [-0.4, -0.2) is 24.5 Å². The average Bonchev–Trinajstić information content (AvgIpc) is 2.62. The Morgan fingerprint density at radius 3 is 2.73 bits per heavy atom. The van der Waals surface area contributed by atoms with Gasteiger partial charge < -0.3 is 14.8 Å². The van der Waals surface area contributed by atoms with Crippen LogP contribution in [0.4, 0.5) is 0 Å². The van der Waals surface area contributed by atoms with E-state index in [1.54, 1.807) is 6.21 Å². The third-order valence-electron chi connectivity index (χ3n) is 3.31. The van der Waals surface area contributed by atoms with Gasteiger partial charge in [0.25, 0.3) is 0 Å². The third-order valence-corrected chi connectivity index (χ3v) is 3.79. The Bertz CT molecular complexity index is 768. The lowest BCUT2D eigenvalue weighted by atomic mass is 10.2. The van der Waals surface area contributed by atoms with Gasteiger partial charge in [-0.3, -0.25) is 0 Å². The van der Waals surface area contributed by atoms with Crippen LogP contribution in [0.15, 0.2) is 42.5 Å². The summed E-state index contributed by atoms with van der Waals surface area (Å²) in [4.78, 5) is 0. The molecule has 0 bridgehead atoms. The molecule has 0 saturated carbocycles. The SMILES string of the molecule is CCNC(=S)N[NH+]=Cc1ccc(OCc2cccc(Cl)c2)c(OCC)c1. The third kappa shape index (κ3) is 6.54. The summed E-state index contributed by atoms with van der Waals surface area (Å²) in [5, 5.41) is 7.17. The Morgan fingerprint density at radius 1 is 1.15 bits per heavy atom. The molecule has 0 aromatic heterocycles. The van der Waals surface area contributed by atoms with Crippen molar-refractivity contribution in [2.75, 3.05) is 13.2 Å². The summed E-state index contributed by atoms with van der Waals surface area (Å²) in [6.45, 7) is 5.65. The monoisotopic (exact) mass is 392 g/mol. The van der Waals surface area contributed by atoms with E-state index in [0.717, 1.165) is 17.7 Å². The molecule has 0 radical (unpaired) electrons. The molecule has 0 fully saturated rings. The Hall–Kier alpha value is -2.31. The number of halogens is 1. The molecule has 2 aromatic rings. The summed E-state index contributed by atoms with van der Waals surface area (Å²) in [6, 6.07) is 13.3. The second-order valence-corrected chi connectivity index (χ2v) is 6.18. The molecule has 7 heteroatoms. The first-order valence-electron chi connectivity index (χ1n) is 8.39. The summed E-state index contributed by atoms with van der Waals surface area (Å²) in [7, 11) is 0. The van der Waals surface area contributed by atoms with Crippen molar-refractivity contribution in [2.24, 2.45) is 0 Å². The number of nitrogens with one attached hydrogen (secondary N) is 3. The highest BCUT2D eigenvalue weighted by molar-refractivity contribution is 7.80. The van der Waals surface area contributed by atoms with Gasteiger partial charge in [-0.1, -0.05) is 23.7 Å². The normalized spacial score (nSPS) is 10.6. The van der Waals surface area contributed by atoms with Gasteiger partial charge in [0.2, 0.25) is 5.11 Å². The van der Waals surface area contributed by atoms with Crippen molar-refractivity contribution in [3.05, 3.63) is 58.6 Å². The summed E-state index contributed by atoms with van der Waals surface area (Å²) in [6.07, 6.45) is 1.80. The van der Waals surface area contributed by atoms with E-state index in [1.807, 2.05) is 56.3 Å². The predicted octanol–water partition coefficient (Wildman–Crippen LogP) is 2.22. The minimum Gasteiger partial charge on any atom is -0.490 e. The van der Waals surface area contributed by atoms with Gasteiger partial charge in [0.15, 0.2) is 17.7 Å². The van der Waals surface area contributed by atoms with Crippen LogP contribution in [0.2, 0.25) is 5.02 Å². The summed E-state index contributed by atoms with van der Waals surface area (Å²) >= 11 is 11.1. The largest absolute Gasteiger partial charge is 0.490 e. The lowest BCUT2D eigenvalue weighted by Gasteiger charge is -2.12. The maximum absolute atomic E-state index is 6.01. The number of rotatable bonds is 8. The van der Waals surface area contributed by atoms with Crippen molar-refractivity contribution in [3.8, 4) is 11.5 Å². The first-order chi connectivity index (χ1) is 12.6. The molecule has 2 rings (SSSR count). The molecule has 3 N–H and O–H groups in total. The second kappa shape index (κ2) is 10.6. The fourth-order valence-electron chi connectivity index (χ4n) is 2.18. The first-order valence-corrected chi connectivity index (χ1v) is 9.17. The van der Waals surface area contributed by atoms with E-state index in [9.17, 15) is 0 Å². The van der Waals surface area contributed by atoms with Crippen LogP contribution in [0.1, 0.15) is 25.0 Å². The van der Waals surface area contributed by atoms with E-state index >= 15 is 0 Å². The molecule has 0 spiro atoms. The van der Waals surface area contributed by atoms with Crippen molar-refractivity contribution >= 4 is 35.1 Å². The molecule has 5 nitrogen and oxygen atoms in total. The minimum atomic E-state index is 0.417. The van der Waals surface area contributed by atoms with Crippen molar-refractivity contribution in [1.29, 1.82) is 0 Å². The van der Waals surface area contributed by atoms with Crippen LogP contribution in [0.5, 0.6) is 11.5 Å². The summed E-state index contributed by atoms with van der Waals surface area (Å²) < 4.78 is 11.6. The number of ether oxygens (including phenoxy) is 2. The van der Waals surface area contributed by atoms with Crippen molar-refractivity contribution in [2.45, 2.75) is 20.5 Å². The topological polar surface area (TPSA) is 56.5 Å². The molecule has 0 aliphatic heterocycles. The van der Waals surface area contributed by atoms with Gasteiger partial charge in [-0.2, -0.15) is 0 Å². The quantitative estimate of drug-likeness (QED) is 0.365. The first kappa shape index (κ1) is 20.0. The van der Waals surface area contributed by atoms with Gasteiger partial charge in [0.05, 0.1) is 6.61 Å². The van der Waals surface area contributed by atoms with Crippen molar-refractivity contribution < 1.29 is 14.6 Å². The molecular formula is C19H23ClN3O2S+. The average molecular weight is 393 g/mol. The Balaban J connectivity index is 2.05. The molecule has 0 heterocycles. The lowest BCUT2D eigenvalue weighted by Crippen LogP contribution is -2.82. The molecule has 138 valence electrons. The maximum Gasteiger partial charge on any atom is 0.223 e. The number of hydrazone groups is 1. The van der Waals surface area contributed by atoms with E-state index in [2.05, 4.69) is 15.8 Å². The molecule has 0 amide bonds. The number of thiocarbonyl (C=S) groups is 1. The van der Waals surface area contributed by atoms with Gasteiger partial charge >= 0.3 is 0 Å². The molecule has 0 aliphatic carbocycles. The molecule has 26 heavy (non-hydrogen) atoms. The van der Waals surface area contributed by atoms with Crippen LogP contribution in [0.25, 0.3) is 0 Å². The van der Waals surface area contributed by atoms with Crippen LogP contribution < -0.4 is 25.3 Å². The molecule has 0 saturated heterocycles. The van der Waals surface area contributed by atoms with Gasteiger partial charge in [0.1, 0.15) is 6.61 Å². The Labute approximate surface area is 164 Å². The molecule has 0 unspecified atom stereocenters. The Kier molecular flexibility index (Phi) is 8.18. The highest BCUT2D eigenvalue weighted by Gasteiger charge is 2.08. The minimum absolute atomic E-state index is 0.417. The number of benzene rings is 2. The number of hydrogen-bond donors (Lipinski definition) is 3. The molecule has 0 aliphatic rings. The highest BCUT2D eigenvalue weighted by Crippen LogP contribution is 2.28. The number of hydrazine groups is 1. The van der Waals surface area contributed by atoms with Gasteiger partial charge in [-0.25, -0.2) is 0 Å². The van der Waals surface area contributed by atoms with Gasteiger partial charge in [-0.15, -0.1) is 10.5 Å². The van der Waals surface area contributed by atoms with Gasteiger partial charge in [0, 0.05) is 17.1 Å². The standard InChI is InChI=1S/C19H22ClN3O2S/c1-3-21-19(26)23-22-12-14-8-9-17(18(11-14)24-4-2)25-13-15-6-5-7-16(20)10-15/h5-12H,3-4,13H2,1-2H3,(H2,21,23,26)/p+1. The number of hydrogen-bond acceptors (Lipinski definition) is 3.